The van der Waals surface area contributed by atoms with Gasteiger partial charge >= 0.3 is 0 Å². The van der Waals surface area contributed by atoms with Crippen LogP contribution in [0.25, 0.3) is 0 Å². The van der Waals surface area contributed by atoms with E-state index in [9.17, 15) is 0 Å². The highest BCUT2D eigenvalue weighted by molar-refractivity contribution is 4.85. The highest BCUT2D eigenvalue weighted by Gasteiger charge is 2.29. The van der Waals surface area contributed by atoms with Crippen LogP contribution in [0.2, 0.25) is 0 Å². The maximum atomic E-state index is 3.28. The average molecular weight is 253 g/mol. The zero-order valence-corrected chi connectivity index (χ0v) is 12.5. The van der Waals surface area contributed by atoms with Crippen LogP contribution in [-0.2, 0) is 0 Å². The summed E-state index contributed by atoms with van der Waals surface area (Å²) in [6, 6.07) is 1.63. The van der Waals surface area contributed by atoms with Crippen LogP contribution in [-0.4, -0.2) is 62.2 Å². The van der Waals surface area contributed by atoms with Crippen molar-refractivity contribution in [1.82, 2.24) is 15.1 Å². The van der Waals surface area contributed by atoms with Crippen molar-refractivity contribution in [2.75, 3.05) is 40.3 Å². The molecule has 2 fully saturated rings. The zero-order valence-electron chi connectivity index (χ0n) is 12.5. The Morgan fingerprint density at radius 2 is 1.83 bits per heavy atom. The lowest BCUT2D eigenvalue weighted by Crippen LogP contribution is -2.49. The third kappa shape index (κ3) is 3.69. The molecule has 0 aromatic carbocycles. The number of hydrogen-bond acceptors (Lipinski definition) is 3. The highest BCUT2D eigenvalue weighted by atomic mass is 15.2. The molecule has 2 saturated heterocycles. The summed E-state index contributed by atoms with van der Waals surface area (Å²) in [5.41, 5.74) is 0. The Bertz CT molecular complexity index is 236. The van der Waals surface area contributed by atoms with E-state index in [1.165, 1.54) is 58.3 Å². The van der Waals surface area contributed by atoms with Crippen LogP contribution in [0.15, 0.2) is 0 Å². The minimum Gasteiger partial charge on any atom is -0.320 e. The fourth-order valence-corrected chi connectivity index (χ4v) is 3.55. The maximum absolute atomic E-state index is 3.28. The van der Waals surface area contributed by atoms with Crippen molar-refractivity contribution in [3.63, 3.8) is 0 Å². The first kappa shape index (κ1) is 14.3. The van der Waals surface area contributed by atoms with Gasteiger partial charge in [0.2, 0.25) is 0 Å². The van der Waals surface area contributed by atoms with E-state index in [1.807, 2.05) is 0 Å². The van der Waals surface area contributed by atoms with Gasteiger partial charge in [-0.1, -0.05) is 0 Å². The Hall–Kier alpha value is -0.120. The second-order valence-corrected chi connectivity index (χ2v) is 6.38. The third-order valence-electron chi connectivity index (χ3n) is 5.15. The van der Waals surface area contributed by atoms with Gasteiger partial charge in [0.25, 0.3) is 0 Å². The summed E-state index contributed by atoms with van der Waals surface area (Å²) in [5, 5.41) is 3.28. The Kier molecular flexibility index (Phi) is 5.46. The summed E-state index contributed by atoms with van der Waals surface area (Å²) in [4.78, 5) is 5.29. The van der Waals surface area contributed by atoms with Gasteiger partial charge in [0, 0.05) is 12.1 Å². The second-order valence-electron chi connectivity index (χ2n) is 6.38. The van der Waals surface area contributed by atoms with Crippen molar-refractivity contribution >= 4 is 0 Å². The topological polar surface area (TPSA) is 18.5 Å². The molecule has 0 aliphatic carbocycles. The van der Waals surface area contributed by atoms with Gasteiger partial charge in [-0.25, -0.2) is 0 Å². The van der Waals surface area contributed by atoms with Gasteiger partial charge < -0.3 is 15.1 Å². The number of rotatable bonds is 4. The summed E-state index contributed by atoms with van der Waals surface area (Å²) in [7, 11) is 4.33. The minimum absolute atomic E-state index is 0.769. The molecule has 2 heterocycles. The second kappa shape index (κ2) is 6.88. The molecule has 2 rings (SSSR count). The molecule has 1 N–H and O–H groups in total. The van der Waals surface area contributed by atoms with Crippen LogP contribution in [0.1, 0.15) is 39.0 Å². The average Bonchev–Trinajstić information content (AvgIpc) is 2.40. The van der Waals surface area contributed by atoms with Gasteiger partial charge in [0.15, 0.2) is 0 Å². The van der Waals surface area contributed by atoms with Crippen LogP contribution in [0.3, 0.4) is 0 Å². The van der Waals surface area contributed by atoms with Crippen LogP contribution >= 0.6 is 0 Å². The number of nitrogens with one attached hydrogen (secondary N) is 1. The molecule has 0 amide bonds. The number of piperidine rings is 2. The molecule has 0 radical (unpaired) electrons. The molecule has 0 aromatic rings. The van der Waals surface area contributed by atoms with Crippen molar-refractivity contribution in [1.29, 1.82) is 0 Å². The SMILES string of the molecule is CNCCC1CCN(C2CCN(C)C(C)C2)CC1. The highest BCUT2D eigenvalue weighted by Crippen LogP contribution is 2.26. The molecule has 0 aromatic heterocycles. The molecule has 2 aliphatic heterocycles. The van der Waals surface area contributed by atoms with Crippen molar-refractivity contribution in [3.8, 4) is 0 Å². The maximum Gasteiger partial charge on any atom is 0.0122 e. The first-order valence-corrected chi connectivity index (χ1v) is 7.79. The normalized spacial score (nSPS) is 32.8. The zero-order chi connectivity index (χ0) is 13.0. The molecule has 18 heavy (non-hydrogen) atoms. The lowest BCUT2D eigenvalue weighted by molar-refractivity contribution is 0.0615. The predicted octanol–water partition coefficient (Wildman–Crippen LogP) is 1.79. The van der Waals surface area contributed by atoms with E-state index in [4.69, 9.17) is 0 Å². The van der Waals surface area contributed by atoms with Gasteiger partial charge in [-0.3, -0.25) is 0 Å². The Morgan fingerprint density at radius 3 is 2.44 bits per heavy atom. The van der Waals surface area contributed by atoms with Crippen LogP contribution < -0.4 is 5.32 Å². The van der Waals surface area contributed by atoms with Gasteiger partial charge in [-0.15, -0.1) is 0 Å². The standard InChI is InChI=1S/C15H31N3/c1-13-12-15(7-9-17(13)3)18-10-5-14(6-11-18)4-8-16-2/h13-16H,4-12H2,1-3H3. The molecular formula is C15H31N3. The summed E-state index contributed by atoms with van der Waals surface area (Å²) >= 11 is 0. The minimum atomic E-state index is 0.769. The van der Waals surface area contributed by atoms with Gasteiger partial charge in [-0.2, -0.15) is 0 Å². The fraction of sp³-hybridized carbons (Fsp3) is 1.00. The monoisotopic (exact) mass is 253 g/mol. The van der Waals surface area contributed by atoms with Crippen molar-refractivity contribution in [2.45, 2.75) is 51.1 Å². The van der Waals surface area contributed by atoms with E-state index >= 15 is 0 Å². The lowest BCUT2D eigenvalue weighted by atomic mass is 9.90. The number of nitrogens with zero attached hydrogens (tertiary/aromatic N) is 2. The van der Waals surface area contributed by atoms with Gasteiger partial charge in [0.05, 0.1) is 0 Å². The summed E-state index contributed by atoms with van der Waals surface area (Å²) in [6.45, 7) is 7.54. The summed E-state index contributed by atoms with van der Waals surface area (Å²) in [5.74, 6) is 0.970. The number of likely N-dealkylation sites (tertiary alicyclic amines) is 2. The molecule has 3 nitrogen and oxygen atoms in total. The largest absolute Gasteiger partial charge is 0.320 e. The lowest BCUT2D eigenvalue weighted by Gasteiger charge is -2.43. The molecule has 106 valence electrons. The molecule has 2 atom stereocenters. The molecule has 2 unspecified atom stereocenters. The van der Waals surface area contributed by atoms with E-state index in [0.717, 1.165) is 18.0 Å². The summed E-state index contributed by atoms with van der Waals surface area (Å²) in [6.07, 6.45) is 6.96. The van der Waals surface area contributed by atoms with E-state index in [1.54, 1.807) is 0 Å². The molecule has 0 saturated carbocycles. The molecule has 3 heteroatoms. The van der Waals surface area contributed by atoms with Crippen molar-refractivity contribution < 1.29 is 0 Å². The quantitative estimate of drug-likeness (QED) is 0.824. The first-order valence-electron chi connectivity index (χ1n) is 7.79. The van der Waals surface area contributed by atoms with Crippen LogP contribution in [0.4, 0.5) is 0 Å². The van der Waals surface area contributed by atoms with Crippen molar-refractivity contribution in [3.05, 3.63) is 0 Å². The molecule has 0 bridgehead atoms. The molecular weight excluding hydrogens is 222 g/mol. The Labute approximate surface area is 113 Å². The Balaban J connectivity index is 1.72. The van der Waals surface area contributed by atoms with E-state index in [-0.39, 0.29) is 0 Å². The van der Waals surface area contributed by atoms with E-state index < -0.39 is 0 Å². The fourth-order valence-electron chi connectivity index (χ4n) is 3.55. The smallest absolute Gasteiger partial charge is 0.0122 e. The molecule has 2 aliphatic rings. The van der Waals surface area contributed by atoms with Crippen LogP contribution in [0.5, 0.6) is 0 Å². The predicted molar refractivity (Wildman–Crippen MR) is 78.0 cm³/mol. The van der Waals surface area contributed by atoms with E-state index in [2.05, 4.69) is 36.1 Å². The molecule has 0 spiro atoms. The summed E-state index contributed by atoms with van der Waals surface area (Å²) < 4.78 is 0. The van der Waals surface area contributed by atoms with Crippen molar-refractivity contribution in [2.24, 2.45) is 5.92 Å². The first-order chi connectivity index (χ1) is 8.70. The van der Waals surface area contributed by atoms with E-state index in [0.29, 0.717) is 0 Å². The van der Waals surface area contributed by atoms with Gasteiger partial charge in [-0.05, 0) is 85.2 Å². The Morgan fingerprint density at radius 1 is 1.11 bits per heavy atom. The van der Waals surface area contributed by atoms with Crippen LogP contribution in [0, 0.1) is 5.92 Å². The number of hydrogen-bond donors (Lipinski definition) is 1. The van der Waals surface area contributed by atoms with Gasteiger partial charge in [0.1, 0.15) is 0 Å². The third-order valence-corrected chi connectivity index (χ3v) is 5.15.